The van der Waals surface area contributed by atoms with Gasteiger partial charge in [-0.2, -0.15) is 0 Å². The summed E-state index contributed by atoms with van der Waals surface area (Å²) in [5.41, 5.74) is 0. The zero-order valence-electron chi connectivity index (χ0n) is 12.4. The number of carbonyl (C=O) groups is 1. The molecule has 112 valence electrons. The van der Waals surface area contributed by atoms with Gasteiger partial charge in [-0.3, -0.25) is 4.79 Å². The maximum Gasteiger partial charge on any atom is 0.196 e. The molecule has 0 amide bonds. The van der Waals surface area contributed by atoms with Crippen molar-refractivity contribution in [3.8, 4) is 0 Å². The summed E-state index contributed by atoms with van der Waals surface area (Å²) in [4.78, 5) is 12.7. The van der Waals surface area contributed by atoms with E-state index in [0.29, 0.717) is 0 Å². The van der Waals surface area contributed by atoms with Crippen LogP contribution < -0.4 is 0 Å². The van der Waals surface area contributed by atoms with Crippen molar-refractivity contribution >= 4 is 16.9 Å². The average Bonchev–Trinajstić information content (AvgIpc) is 2.43. The van der Waals surface area contributed by atoms with Crippen LogP contribution in [0.15, 0.2) is 35.2 Å². The molecule has 1 aromatic carbocycles. The summed E-state index contributed by atoms with van der Waals surface area (Å²) in [5.74, 6) is 0. The molecule has 1 rings (SSSR count). The largest absolute Gasteiger partial charge is 0.393 e. The van der Waals surface area contributed by atoms with Crippen LogP contribution in [0.2, 0.25) is 0 Å². The average molecular weight is 294 g/mol. The van der Waals surface area contributed by atoms with Crippen LogP contribution in [0, 0.1) is 0 Å². The Morgan fingerprint density at radius 2 is 1.75 bits per heavy atom. The first-order chi connectivity index (χ1) is 9.72. The first-order valence-corrected chi connectivity index (χ1v) is 8.47. The molecule has 0 heterocycles. The third kappa shape index (κ3) is 8.39. The van der Waals surface area contributed by atoms with E-state index in [2.05, 4.69) is 6.92 Å². The van der Waals surface area contributed by atoms with Crippen molar-refractivity contribution in [3.63, 3.8) is 0 Å². The quantitative estimate of drug-likeness (QED) is 0.497. The first kappa shape index (κ1) is 17.3. The minimum absolute atomic E-state index is 0.0506. The highest BCUT2D eigenvalue weighted by atomic mass is 32.2. The molecule has 0 saturated heterocycles. The molecule has 2 nitrogen and oxygen atoms in total. The van der Waals surface area contributed by atoms with Gasteiger partial charge in [0.15, 0.2) is 5.12 Å². The van der Waals surface area contributed by atoms with Crippen LogP contribution in [0.1, 0.15) is 58.3 Å². The van der Waals surface area contributed by atoms with Gasteiger partial charge in [0, 0.05) is 11.3 Å². The fourth-order valence-electron chi connectivity index (χ4n) is 2.12. The number of thioether (sulfide) groups is 1. The first-order valence-electron chi connectivity index (χ1n) is 7.66. The van der Waals surface area contributed by atoms with Gasteiger partial charge in [-0.25, -0.2) is 0 Å². The zero-order valence-corrected chi connectivity index (χ0v) is 13.2. The molecule has 0 aliphatic heterocycles. The van der Waals surface area contributed by atoms with Gasteiger partial charge in [-0.15, -0.1) is 0 Å². The smallest absolute Gasteiger partial charge is 0.196 e. The summed E-state index contributed by atoms with van der Waals surface area (Å²) in [7, 11) is 0. The Morgan fingerprint density at radius 3 is 2.45 bits per heavy atom. The van der Waals surface area contributed by atoms with E-state index in [-0.39, 0.29) is 11.5 Å². The Balaban J connectivity index is 2.09. The van der Waals surface area contributed by atoms with Crippen LogP contribution >= 0.6 is 11.8 Å². The number of hydrogen-bond acceptors (Lipinski definition) is 3. The van der Waals surface area contributed by atoms with Gasteiger partial charge in [0.2, 0.25) is 0 Å². The highest BCUT2D eigenvalue weighted by Gasteiger charge is 2.11. The third-order valence-corrected chi connectivity index (χ3v) is 4.17. The number of aliphatic hydroxyl groups is 1. The highest BCUT2D eigenvalue weighted by molar-refractivity contribution is 8.13. The molecule has 1 unspecified atom stereocenters. The van der Waals surface area contributed by atoms with Crippen LogP contribution in [0.5, 0.6) is 0 Å². The van der Waals surface area contributed by atoms with Gasteiger partial charge in [0.1, 0.15) is 0 Å². The minimum atomic E-state index is -0.482. The molecule has 0 bridgehead atoms. The van der Waals surface area contributed by atoms with Crippen LogP contribution in [0.3, 0.4) is 0 Å². The maximum absolute atomic E-state index is 11.8. The van der Waals surface area contributed by atoms with E-state index in [1.165, 1.54) is 37.4 Å². The Morgan fingerprint density at radius 1 is 1.10 bits per heavy atom. The van der Waals surface area contributed by atoms with E-state index in [4.69, 9.17) is 0 Å². The molecule has 20 heavy (non-hydrogen) atoms. The molecule has 1 atom stereocenters. The second kappa shape index (κ2) is 10.9. The lowest BCUT2D eigenvalue weighted by atomic mass is 10.1. The molecule has 0 radical (unpaired) electrons. The molecular weight excluding hydrogens is 268 g/mol. The summed E-state index contributed by atoms with van der Waals surface area (Å²) in [6, 6.07) is 9.61. The van der Waals surface area contributed by atoms with Crippen molar-refractivity contribution in [1.82, 2.24) is 0 Å². The topological polar surface area (TPSA) is 37.3 Å². The second-order valence-electron chi connectivity index (χ2n) is 5.20. The third-order valence-electron chi connectivity index (χ3n) is 3.27. The summed E-state index contributed by atoms with van der Waals surface area (Å²) in [6.07, 6.45) is 7.79. The Kier molecular flexibility index (Phi) is 9.42. The summed E-state index contributed by atoms with van der Waals surface area (Å²) in [6.45, 7) is 2.21. The van der Waals surface area contributed by atoms with E-state index >= 15 is 0 Å². The van der Waals surface area contributed by atoms with Crippen molar-refractivity contribution in [3.05, 3.63) is 30.3 Å². The predicted molar refractivity (Wildman–Crippen MR) is 85.9 cm³/mol. The normalized spacial score (nSPS) is 12.3. The van der Waals surface area contributed by atoms with Crippen molar-refractivity contribution in [2.75, 3.05) is 0 Å². The SMILES string of the molecule is CCCCCCCCC(O)CC(=O)Sc1ccccc1. The summed E-state index contributed by atoms with van der Waals surface area (Å²) in [5, 5.41) is 9.92. The van der Waals surface area contributed by atoms with E-state index in [1.807, 2.05) is 30.3 Å². The molecule has 0 spiro atoms. The van der Waals surface area contributed by atoms with Crippen LogP contribution in [0.25, 0.3) is 0 Å². The second-order valence-corrected chi connectivity index (χ2v) is 6.33. The predicted octanol–water partition coefficient (Wildman–Crippen LogP) is 4.81. The number of unbranched alkanes of at least 4 members (excludes halogenated alkanes) is 5. The summed E-state index contributed by atoms with van der Waals surface area (Å²) < 4.78 is 0. The lowest BCUT2D eigenvalue weighted by molar-refractivity contribution is -0.112. The van der Waals surface area contributed by atoms with Gasteiger partial charge < -0.3 is 5.11 Å². The molecule has 0 fully saturated rings. The van der Waals surface area contributed by atoms with E-state index in [9.17, 15) is 9.90 Å². The lowest BCUT2D eigenvalue weighted by Gasteiger charge is -2.09. The molecule has 0 aromatic heterocycles. The monoisotopic (exact) mass is 294 g/mol. The van der Waals surface area contributed by atoms with Crippen molar-refractivity contribution in [2.45, 2.75) is 69.3 Å². The van der Waals surface area contributed by atoms with Gasteiger partial charge >= 0.3 is 0 Å². The number of benzene rings is 1. The van der Waals surface area contributed by atoms with E-state index in [0.717, 1.165) is 24.2 Å². The van der Waals surface area contributed by atoms with Gasteiger partial charge in [-0.1, -0.05) is 75.4 Å². The fraction of sp³-hybridized carbons (Fsp3) is 0.588. The Bertz CT molecular complexity index is 365. The molecule has 0 aliphatic rings. The van der Waals surface area contributed by atoms with Crippen molar-refractivity contribution < 1.29 is 9.90 Å². The van der Waals surface area contributed by atoms with Gasteiger partial charge in [0.05, 0.1) is 6.10 Å². The number of carbonyl (C=O) groups excluding carboxylic acids is 1. The lowest BCUT2D eigenvalue weighted by Crippen LogP contribution is -2.11. The zero-order chi connectivity index (χ0) is 14.6. The molecular formula is C17H26O2S. The molecule has 1 N–H and O–H groups in total. The Hall–Kier alpha value is -0.800. The van der Waals surface area contributed by atoms with Crippen LogP contribution in [-0.4, -0.2) is 16.3 Å². The summed E-state index contributed by atoms with van der Waals surface area (Å²) >= 11 is 1.22. The van der Waals surface area contributed by atoms with Crippen molar-refractivity contribution in [2.24, 2.45) is 0 Å². The Labute approximate surface area is 127 Å². The van der Waals surface area contributed by atoms with Gasteiger partial charge in [0.25, 0.3) is 0 Å². The molecule has 0 saturated carbocycles. The molecule has 0 aliphatic carbocycles. The fourth-order valence-corrected chi connectivity index (χ4v) is 2.95. The highest BCUT2D eigenvalue weighted by Crippen LogP contribution is 2.21. The van der Waals surface area contributed by atoms with Crippen LogP contribution in [-0.2, 0) is 4.79 Å². The van der Waals surface area contributed by atoms with Crippen molar-refractivity contribution in [1.29, 1.82) is 0 Å². The number of hydrogen-bond donors (Lipinski definition) is 1. The van der Waals surface area contributed by atoms with E-state index < -0.39 is 6.10 Å². The van der Waals surface area contributed by atoms with Gasteiger partial charge in [-0.05, 0) is 18.6 Å². The standard InChI is InChI=1S/C17H26O2S/c1-2-3-4-5-6-8-11-15(18)14-17(19)20-16-12-9-7-10-13-16/h7,9-10,12-13,15,18H,2-6,8,11,14H2,1H3. The number of aliphatic hydroxyl groups excluding tert-OH is 1. The van der Waals surface area contributed by atoms with E-state index in [1.54, 1.807) is 0 Å². The molecule has 3 heteroatoms. The number of rotatable bonds is 10. The maximum atomic E-state index is 11.8. The minimum Gasteiger partial charge on any atom is -0.393 e. The molecule has 1 aromatic rings. The van der Waals surface area contributed by atoms with Crippen LogP contribution in [0.4, 0.5) is 0 Å².